The molecule has 27 heavy (non-hydrogen) atoms. The second-order valence-electron chi connectivity index (χ2n) is 6.13. The lowest BCUT2D eigenvalue weighted by Gasteiger charge is -2.28. The zero-order valence-corrected chi connectivity index (χ0v) is 16.8. The van der Waals surface area contributed by atoms with Gasteiger partial charge in [-0.05, 0) is 43.7 Å². The molecule has 0 radical (unpaired) electrons. The standard InChI is InChI=1S/C19H24N2O5S/c1-13-7-6-8-15(11-13)21(27(5,23)24)14(2)19(22)20-17-12-16(25-3)9-10-18(17)26-4/h6-12,14H,1-5H3,(H,20,22)/t14-/m1/s1. The van der Waals surface area contributed by atoms with Crippen LogP contribution in [0.25, 0.3) is 0 Å². The minimum atomic E-state index is -3.68. The Morgan fingerprint density at radius 1 is 1.11 bits per heavy atom. The molecular weight excluding hydrogens is 368 g/mol. The summed E-state index contributed by atoms with van der Waals surface area (Å²) >= 11 is 0. The van der Waals surface area contributed by atoms with Crippen LogP contribution in [0.15, 0.2) is 42.5 Å². The first-order valence-corrected chi connectivity index (χ1v) is 10.1. The van der Waals surface area contributed by atoms with Crippen LogP contribution in [-0.4, -0.2) is 40.8 Å². The van der Waals surface area contributed by atoms with E-state index >= 15 is 0 Å². The number of nitrogens with one attached hydrogen (secondary N) is 1. The molecule has 7 nitrogen and oxygen atoms in total. The van der Waals surface area contributed by atoms with E-state index < -0.39 is 22.0 Å². The number of aryl methyl sites for hydroxylation is 1. The Labute approximate surface area is 160 Å². The Balaban J connectivity index is 2.36. The van der Waals surface area contributed by atoms with Crippen molar-refractivity contribution in [3.05, 3.63) is 48.0 Å². The number of carbonyl (C=O) groups excluding carboxylic acids is 1. The highest BCUT2D eigenvalue weighted by Gasteiger charge is 2.29. The van der Waals surface area contributed by atoms with Gasteiger partial charge in [-0.15, -0.1) is 0 Å². The molecule has 2 aromatic rings. The summed E-state index contributed by atoms with van der Waals surface area (Å²) in [5, 5.41) is 2.72. The van der Waals surface area contributed by atoms with Crippen molar-refractivity contribution in [1.82, 2.24) is 0 Å². The van der Waals surface area contributed by atoms with Crippen LogP contribution >= 0.6 is 0 Å². The largest absolute Gasteiger partial charge is 0.497 e. The van der Waals surface area contributed by atoms with E-state index in [9.17, 15) is 13.2 Å². The van der Waals surface area contributed by atoms with Crippen LogP contribution in [0.2, 0.25) is 0 Å². The number of benzene rings is 2. The molecular formula is C19H24N2O5S. The number of methoxy groups -OCH3 is 2. The number of carbonyl (C=O) groups is 1. The molecule has 0 unspecified atom stereocenters. The van der Waals surface area contributed by atoms with Crippen LogP contribution in [0.1, 0.15) is 12.5 Å². The summed E-state index contributed by atoms with van der Waals surface area (Å²) in [7, 11) is -0.688. The van der Waals surface area contributed by atoms with E-state index in [-0.39, 0.29) is 0 Å². The fourth-order valence-electron chi connectivity index (χ4n) is 2.72. The Kier molecular flexibility index (Phi) is 6.32. The highest BCUT2D eigenvalue weighted by Crippen LogP contribution is 2.30. The first kappa shape index (κ1) is 20.6. The summed E-state index contributed by atoms with van der Waals surface area (Å²) in [6.07, 6.45) is 1.07. The Morgan fingerprint density at radius 2 is 1.81 bits per heavy atom. The maximum atomic E-state index is 12.8. The third-order valence-electron chi connectivity index (χ3n) is 4.01. The van der Waals surface area contributed by atoms with Crippen molar-refractivity contribution in [1.29, 1.82) is 0 Å². The van der Waals surface area contributed by atoms with Crippen molar-refractivity contribution in [3.63, 3.8) is 0 Å². The predicted octanol–water partition coefficient (Wildman–Crippen LogP) is 2.81. The van der Waals surface area contributed by atoms with Gasteiger partial charge in [0.2, 0.25) is 15.9 Å². The molecule has 1 N–H and O–H groups in total. The quantitative estimate of drug-likeness (QED) is 0.783. The molecule has 0 fully saturated rings. The molecule has 0 aromatic heterocycles. The van der Waals surface area contributed by atoms with Gasteiger partial charge in [-0.3, -0.25) is 9.10 Å². The second-order valence-corrected chi connectivity index (χ2v) is 7.99. The average molecular weight is 392 g/mol. The molecule has 2 aromatic carbocycles. The normalized spacial score (nSPS) is 12.2. The van der Waals surface area contributed by atoms with Gasteiger partial charge >= 0.3 is 0 Å². The zero-order chi connectivity index (χ0) is 20.2. The monoisotopic (exact) mass is 392 g/mol. The molecule has 0 aliphatic carbocycles. The minimum absolute atomic E-state index is 0.395. The summed E-state index contributed by atoms with van der Waals surface area (Å²) in [6, 6.07) is 11.0. The van der Waals surface area contributed by atoms with Crippen LogP contribution in [0.4, 0.5) is 11.4 Å². The van der Waals surface area contributed by atoms with E-state index in [1.54, 1.807) is 36.4 Å². The van der Waals surface area contributed by atoms with Crippen LogP contribution in [-0.2, 0) is 14.8 Å². The molecule has 146 valence electrons. The molecule has 0 aliphatic heterocycles. The Bertz CT molecular complexity index is 927. The van der Waals surface area contributed by atoms with Crippen molar-refractivity contribution in [2.45, 2.75) is 19.9 Å². The molecule has 8 heteroatoms. The zero-order valence-electron chi connectivity index (χ0n) is 16.0. The fraction of sp³-hybridized carbons (Fsp3) is 0.316. The summed E-state index contributed by atoms with van der Waals surface area (Å²) in [4.78, 5) is 12.8. The lowest BCUT2D eigenvalue weighted by molar-refractivity contribution is -0.116. The van der Waals surface area contributed by atoms with Gasteiger partial charge in [0.25, 0.3) is 0 Å². The van der Waals surface area contributed by atoms with Crippen LogP contribution in [0.3, 0.4) is 0 Å². The van der Waals surface area contributed by atoms with E-state index in [0.717, 1.165) is 16.1 Å². The number of hydrogen-bond donors (Lipinski definition) is 1. The third kappa shape index (κ3) is 4.91. The smallest absolute Gasteiger partial charge is 0.248 e. The SMILES string of the molecule is COc1ccc(OC)c(NC(=O)[C@@H](C)N(c2cccc(C)c2)S(C)(=O)=O)c1. The minimum Gasteiger partial charge on any atom is -0.497 e. The molecule has 2 rings (SSSR count). The first-order valence-electron chi connectivity index (χ1n) is 8.26. The molecule has 0 heterocycles. The van der Waals surface area contributed by atoms with E-state index in [2.05, 4.69) is 5.32 Å². The first-order chi connectivity index (χ1) is 12.7. The summed E-state index contributed by atoms with van der Waals surface area (Å²) in [5.41, 5.74) is 1.72. The van der Waals surface area contributed by atoms with Crippen molar-refractivity contribution in [2.24, 2.45) is 0 Å². The van der Waals surface area contributed by atoms with Gasteiger partial charge in [0.1, 0.15) is 17.5 Å². The van der Waals surface area contributed by atoms with E-state index in [1.807, 2.05) is 13.0 Å². The number of ether oxygens (including phenoxy) is 2. The third-order valence-corrected chi connectivity index (χ3v) is 5.25. The van der Waals surface area contributed by atoms with Crippen molar-refractivity contribution in [2.75, 3.05) is 30.1 Å². The van der Waals surface area contributed by atoms with Gasteiger partial charge < -0.3 is 14.8 Å². The van der Waals surface area contributed by atoms with E-state index in [1.165, 1.54) is 21.1 Å². The van der Waals surface area contributed by atoms with Crippen LogP contribution < -0.4 is 19.1 Å². The van der Waals surface area contributed by atoms with Gasteiger partial charge in [-0.1, -0.05) is 12.1 Å². The lowest BCUT2D eigenvalue weighted by atomic mass is 10.2. The van der Waals surface area contributed by atoms with Crippen molar-refractivity contribution >= 4 is 27.3 Å². The maximum Gasteiger partial charge on any atom is 0.248 e. The Morgan fingerprint density at radius 3 is 2.37 bits per heavy atom. The lowest BCUT2D eigenvalue weighted by Crippen LogP contribution is -2.45. The van der Waals surface area contributed by atoms with Gasteiger partial charge in [0.15, 0.2) is 0 Å². The van der Waals surface area contributed by atoms with Crippen molar-refractivity contribution in [3.8, 4) is 11.5 Å². The average Bonchev–Trinajstić information content (AvgIpc) is 2.60. The van der Waals surface area contributed by atoms with Gasteiger partial charge in [0, 0.05) is 6.07 Å². The predicted molar refractivity (Wildman–Crippen MR) is 106 cm³/mol. The number of rotatable bonds is 7. The summed E-state index contributed by atoms with van der Waals surface area (Å²) in [6.45, 7) is 3.39. The number of anilines is 2. The molecule has 1 atom stereocenters. The molecule has 0 bridgehead atoms. The number of sulfonamides is 1. The molecule has 0 saturated heterocycles. The van der Waals surface area contributed by atoms with E-state index in [0.29, 0.717) is 22.9 Å². The summed E-state index contributed by atoms with van der Waals surface area (Å²) in [5.74, 6) is 0.490. The van der Waals surface area contributed by atoms with Gasteiger partial charge in [0.05, 0.1) is 31.9 Å². The topological polar surface area (TPSA) is 84.9 Å². The van der Waals surface area contributed by atoms with Gasteiger partial charge in [-0.2, -0.15) is 0 Å². The van der Waals surface area contributed by atoms with E-state index in [4.69, 9.17) is 9.47 Å². The number of nitrogens with zero attached hydrogens (tertiary/aromatic N) is 1. The molecule has 0 spiro atoms. The van der Waals surface area contributed by atoms with Crippen LogP contribution in [0.5, 0.6) is 11.5 Å². The highest BCUT2D eigenvalue weighted by atomic mass is 32.2. The van der Waals surface area contributed by atoms with Gasteiger partial charge in [-0.25, -0.2) is 8.42 Å². The number of amides is 1. The molecule has 0 saturated carbocycles. The Hall–Kier alpha value is -2.74. The second kappa shape index (κ2) is 8.30. The summed E-state index contributed by atoms with van der Waals surface area (Å²) < 4.78 is 36.3. The van der Waals surface area contributed by atoms with Crippen molar-refractivity contribution < 1.29 is 22.7 Å². The van der Waals surface area contributed by atoms with Crippen LogP contribution in [0, 0.1) is 6.92 Å². The highest BCUT2D eigenvalue weighted by molar-refractivity contribution is 7.92. The molecule has 1 amide bonds. The molecule has 0 aliphatic rings. The maximum absolute atomic E-state index is 12.8. The fourth-order valence-corrected chi connectivity index (χ4v) is 3.89. The number of hydrogen-bond acceptors (Lipinski definition) is 5.